The molecule has 1 saturated carbocycles. The molecule has 0 radical (unpaired) electrons. The summed E-state index contributed by atoms with van der Waals surface area (Å²) >= 11 is 0. The third-order valence-electron chi connectivity index (χ3n) is 3.21. The zero-order chi connectivity index (χ0) is 10.3. The Bertz CT molecular complexity index is 384. The lowest BCUT2D eigenvalue weighted by Crippen LogP contribution is -2.23. The highest BCUT2D eigenvalue weighted by molar-refractivity contribution is 6.01. The minimum atomic E-state index is 0.294. The standard InChI is InChI=1S/C12H14N2O/c1-8-11(10-4-2-3-7-13-10)14-15-12(8)9-5-6-9/h2-4,7-9,12H,5-6H2,1H3. The van der Waals surface area contributed by atoms with E-state index < -0.39 is 0 Å². The second kappa shape index (κ2) is 3.33. The Kier molecular flexibility index (Phi) is 1.97. The summed E-state index contributed by atoms with van der Waals surface area (Å²) in [7, 11) is 0. The van der Waals surface area contributed by atoms with Gasteiger partial charge in [-0.25, -0.2) is 0 Å². The lowest BCUT2D eigenvalue weighted by molar-refractivity contribution is 0.0492. The molecule has 15 heavy (non-hydrogen) atoms. The van der Waals surface area contributed by atoms with Crippen LogP contribution >= 0.6 is 0 Å². The molecule has 1 fully saturated rings. The largest absolute Gasteiger partial charge is 0.391 e. The van der Waals surface area contributed by atoms with Crippen molar-refractivity contribution >= 4 is 5.71 Å². The van der Waals surface area contributed by atoms with Crippen LogP contribution in [-0.4, -0.2) is 16.8 Å². The van der Waals surface area contributed by atoms with Crippen molar-refractivity contribution in [2.75, 3.05) is 0 Å². The fraction of sp³-hybridized carbons (Fsp3) is 0.500. The molecule has 0 saturated heterocycles. The fourth-order valence-electron chi connectivity index (χ4n) is 2.16. The zero-order valence-corrected chi connectivity index (χ0v) is 8.76. The second-order valence-electron chi connectivity index (χ2n) is 4.39. The van der Waals surface area contributed by atoms with Crippen molar-refractivity contribution in [3.8, 4) is 0 Å². The first-order valence-corrected chi connectivity index (χ1v) is 5.51. The van der Waals surface area contributed by atoms with E-state index in [1.165, 1.54) is 12.8 Å². The van der Waals surface area contributed by atoms with Gasteiger partial charge < -0.3 is 4.84 Å². The van der Waals surface area contributed by atoms with Crippen molar-refractivity contribution in [1.29, 1.82) is 0 Å². The van der Waals surface area contributed by atoms with Crippen molar-refractivity contribution < 1.29 is 4.84 Å². The van der Waals surface area contributed by atoms with Gasteiger partial charge in [0.15, 0.2) is 0 Å². The van der Waals surface area contributed by atoms with Crippen LogP contribution in [-0.2, 0) is 4.84 Å². The highest BCUT2D eigenvalue weighted by atomic mass is 16.6. The van der Waals surface area contributed by atoms with Crippen LogP contribution in [0.2, 0.25) is 0 Å². The van der Waals surface area contributed by atoms with Crippen LogP contribution in [0, 0.1) is 11.8 Å². The molecule has 2 heterocycles. The van der Waals surface area contributed by atoms with E-state index in [-0.39, 0.29) is 0 Å². The number of hydrogen-bond donors (Lipinski definition) is 0. The van der Waals surface area contributed by atoms with Gasteiger partial charge >= 0.3 is 0 Å². The molecule has 3 rings (SSSR count). The number of hydrogen-bond acceptors (Lipinski definition) is 3. The Morgan fingerprint density at radius 1 is 1.33 bits per heavy atom. The summed E-state index contributed by atoms with van der Waals surface area (Å²) in [5, 5.41) is 4.18. The molecule has 1 aliphatic carbocycles. The molecule has 0 spiro atoms. The van der Waals surface area contributed by atoms with E-state index in [4.69, 9.17) is 4.84 Å². The van der Waals surface area contributed by atoms with Crippen LogP contribution in [0.3, 0.4) is 0 Å². The first-order valence-electron chi connectivity index (χ1n) is 5.51. The van der Waals surface area contributed by atoms with Crippen molar-refractivity contribution in [3.63, 3.8) is 0 Å². The normalized spacial score (nSPS) is 29.8. The highest BCUT2D eigenvalue weighted by Crippen LogP contribution is 2.40. The molecule has 2 unspecified atom stereocenters. The van der Waals surface area contributed by atoms with Crippen LogP contribution in [0.15, 0.2) is 29.6 Å². The first kappa shape index (κ1) is 8.89. The molecular weight excluding hydrogens is 188 g/mol. The second-order valence-corrected chi connectivity index (χ2v) is 4.39. The van der Waals surface area contributed by atoms with Crippen LogP contribution < -0.4 is 0 Å². The molecule has 3 heteroatoms. The van der Waals surface area contributed by atoms with Crippen molar-refractivity contribution in [2.24, 2.45) is 17.0 Å². The lowest BCUT2D eigenvalue weighted by Gasteiger charge is -2.12. The lowest BCUT2D eigenvalue weighted by atomic mass is 9.94. The molecule has 0 amide bonds. The maximum Gasteiger partial charge on any atom is 0.138 e. The number of oxime groups is 1. The van der Waals surface area contributed by atoms with Gasteiger partial charge in [0, 0.05) is 12.1 Å². The maximum absolute atomic E-state index is 5.50. The Balaban J connectivity index is 1.83. The van der Waals surface area contributed by atoms with E-state index in [2.05, 4.69) is 17.1 Å². The van der Waals surface area contributed by atoms with Crippen LogP contribution in [0.4, 0.5) is 0 Å². The molecule has 78 valence electrons. The quantitative estimate of drug-likeness (QED) is 0.737. The van der Waals surface area contributed by atoms with Gasteiger partial charge in [-0.05, 0) is 30.9 Å². The Labute approximate surface area is 89.2 Å². The molecule has 3 nitrogen and oxygen atoms in total. The van der Waals surface area contributed by atoms with Gasteiger partial charge in [-0.15, -0.1) is 0 Å². The van der Waals surface area contributed by atoms with Crippen molar-refractivity contribution in [1.82, 2.24) is 4.98 Å². The molecule has 2 aliphatic rings. The SMILES string of the molecule is CC1C(c2ccccn2)=NOC1C1CC1. The molecule has 0 N–H and O–H groups in total. The predicted octanol–water partition coefficient (Wildman–Crippen LogP) is 2.23. The van der Waals surface area contributed by atoms with Gasteiger partial charge in [0.1, 0.15) is 11.8 Å². The average Bonchev–Trinajstić information content (AvgIpc) is 3.04. The van der Waals surface area contributed by atoms with E-state index in [0.717, 1.165) is 17.3 Å². The minimum Gasteiger partial charge on any atom is -0.391 e. The van der Waals surface area contributed by atoms with Gasteiger partial charge in [0.25, 0.3) is 0 Å². The van der Waals surface area contributed by atoms with E-state index in [1.807, 2.05) is 18.2 Å². The van der Waals surface area contributed by atoms with Crippen molar-refractivity contribution in [3.05, 3.63) is 30.1 Å². The maximum atomic E-state index is 5.50. The topological polar surface area (TPSA) is 34.5 Å². The van der Waals surface area contributed by atoms with Gasteiger partial charge in [-0.1, -0.05) is 18.1 Å². The van der Waals surface area contributed by atoms with Gasteiger partial charge in [0.2, 0.25) is 0 Å². The Hall–Kier alpha value is -1.38. The molecule has 0 aromatic carbocycles. The third-order valence-corrected chi connectivity index (χ3v) is 3.21. The molecule has 2 atom stereocenters. The van der Waals surface area contributed by atoms with E-state index >= 15 is 0 Å². The third kappa shape index (κ3) is 1.52. The molecular formula is C12H14N2O. The van der Waals surface area contributed by atoms with Crippen LogP contribution in [0.5, 0.6) is 0 Å². The predicted molar refractivity (Wildman–Crippen MR) is 57.5 cm³/mol. The summed E-state index contributed by atoms with van der Waals surface area (Å²) in [6.07, 6.45) is 4.68. The monoisotopic (exact) mass is 202 g/mol. The highest BCUT2D eigenvalue weighted by Gasteiger charge is 2.42. The summed E-state index contributed by atoms with van der Waals surface area (Å²) in [5.41, 5.74) is 1.96. The molecule has 1 aromatic heterocycles. The molecule has 0 bridgehead atoms. The Morgan fingerprint density at radius 3 is 2.87 bits per heavy atom. The molecule has 1 aromatic rings. The number of nitrogens with zero attached hydrogens (tertiary/aromatic N) is 2. The van der Waals surface area contributed by atoms with Gasteiger partial charge in [-0.3, -0.25) is 4.98 Å². The summed E-state index contributed by atoms with van der Waals surface area (Å²) in [5.74, 6) is 1.11. The summed E-state index contributed by atoms with van der Waals surface area (Å²) < 4.78 is 0. The first-order chi connectivity index (χ1) is 7.36. The van der Waals surface area contributed by atoms with E-state index in [0.29, 0.717) is 12.0 Å². The summed E-state index contributed by atoms with van der Waals surface area (Å²) in [4.78, 5) is 9.82. The fourth-order valence-corrected chi connectivity index (χ4v) is 2.16. The average molecular weight is 202 g/mol. The zero-order valence-electron chi connectivity index (χ0n) is 8.76. The number of pyridine rings is 1. The van der Waals surface area contributed by atoms with Gasteiger partial charge in [0.05, 0.1) is 5.69 Å². The van der Waals surface area contributed by atoms with Crippen molar-refractivity contribution in [2.45, 2.75) is 25.9 Å². The summed E-state index contributed by atoms with van der Waals surface area (Å²) in [6.45, 7) is 2.18. The Morgan fingerprint density at radius 2 is 2.20 bits per heavy atom. The van der Waals surface area contributed by atoms with E-state index in [9.17, 15) is 0 Å². The molecule has 1 aliphatic heterocycles. The summed E-state index contributed by atoms with van der Waals surface area (Å²) in [6, 6.07) is 5.90. The smallest absolute Gasteiger partial charge is 0.138 e. The van der Waals surface area contributed by atoms with Crippen LogP contribution in [0.1, 0.15) is 25.5 Å². The number of aromatic nitrogens is 1. The van der Waals surface area contributed by atoms with Gasteiger partial charge in [-0.2, -0.15) is 0 Å². The van der Waals surface area contributed by atoms with Crippen LogP contribution in [0.25, 0.3) is 0 Å². The minimum absolute atomic E-state index is 0.294. The van der Waals surface area contributed by atoms with E-state index in [1.54, 1.807) is 6.20 Å². The number of rotatable bonds is 2.